The van der Waals surface area contributed by atoms with Gasteiger partial charge < -0.3 is 4.90 Å². The maximum atomic E-state index is 3.50. The summed E-state index contributed by atoms with van der Waals surface area (Å²) < 4.78 is 0. The highest BCUT2D eigenvalue weighted by molar-refractivity contribution is 9.09. The van der Waals surface area contributed by atoms with Crippen LogP contribution in [-0.4, -0.2) is 29.4 Å². The van der Waals surface area contributed by atoms with Gasteiger partial charge in [-0.15, -0.1) is 0 Å². The number of nitrogens with zero attached hydrogens (tertiary/aromatic N) is 1. The molecule has 0 aliphatic heterocycles. The molecule has 0 N–H and O–H groups in total. The van der Waals surface area contributed by atoms with Crippen molar-refractivity contribution in [1.82, 2.24) is 4.90 Å². The Morgan fingerprint density at radius 3 is 2.40 bits per heavy atom. The fourth-order valence-corrected chi connectivity index (χ4v) is 3.03. The molecule has 0 bridgehead atoms. The summed E-state index contributed by atoms with van der Waals surface area (Å²) in [7, 11) is 0. The molecule has 0 heterocycles. The Hall–Kier alpha value is 0.440. The summed E-state index contributed by atoms with van der Waals surface area (Å²) in [4.78, 5) is 2.72. The van der Waals surface area contributed by atoms with Gasteiger partial charge in [0, 0.05) is 11.4 Å². The smallest absolute Gasteiger partial charge is 0.00951 e. The molecule has 1 saturated carbocycles. The van der Waals surface area contributed by atoms with Crippen LogP contribution in [0.2, 0.25) is 0 Å². The van der Waals surface area contributed by atoms with Crippen molar-refractivity contribution in [3.05, 3.63) is 0 Å². The standard InChI is InChI=1S/C13H26BrN/c1-2-15(12-8-4-7-11-14)13-9-5-3-6-10-13/h13H,2-12H2,1H3. The molecule has 90 valence electrons. The number of alkyl halides is 1. The van der Waals surface area contributed by atoms with E-state index in [-0.39, 0.29) is 0 Å². The van der Waals surface area contributed by atoms with Gasteiger partial charge in [-0.3, -0.25) is 0 Å². The zero-order chi connectivity index (χ0) is 10.9. The van der Waals surface area contributed by atoms with E-state index < -0.39 is 0 Å². The predicted octanol–water partition coefficient (Wildman–Crippen LogP) is 4.21. The fraction of sp³-hybridized carbons (Fsp3) is 1.00. The summed E-state index contributed by atoms with van der Waals surface area (Å²) in [6.07, 6.45) is 11.4. The maximum absolute atomic E-state index is 3.50. The highest BCUT2D eigenvalue weighted by Gasteiger charge is 2.18. The van der Waals surface area contributed by atoms with Crippen LogP contribution in [-0.2, 0) is 0 Å². The molecule has 0 atom stereocenters. The molecule has 0 amide bonds. The van der Waals surface area contributed by atoms with Crippen LogP contribution in [0.5, 0.6) is 0 Å². The topological polar surface area (TPSA) is 3.24 Å². The second-order valence-corrected chi connectivity index (χ2v) is 5.46. The van der Waals surface area contributed by atoms with Gasteiger partial charge in [0.2, 0.25) is 0 Å². The Kier molecular flexibility index (Phi) is 7.72. The Labute approximate surface area is 104 Å². The second-order valence-electron chi connectivity index (χ2n) is 4.67. The van der Waals surface area contributed by atoms with Gasteiger partial charge in [-0.2, -0.15) is 0 Å². The van der Waals surface area contributed by atoms with E-state index in [1.165, 1.54) is 69.8 Å². The second kappa shape index (κ2) is 8.58. The third-order valence-corrected chi connectivity index (χ3v) is 4.14. The van der Waals surface area contributed by atoms with Gasteiger partial charge in [0.1, 0.15) is 0 Å². The predicted molar refractivity (Wildman–Crippen MR) is 71.8 cm³/mol. The van der Waals surface area contributed by atoms with Crippen LogP contribution in [0.15, 0.2) is 0 Å². The molecule has 0 saturated heterocycles. The number of halogens is 1. The van der Waals surface area contributed by atoms with Crippen molar-refractivity contribution in [2.24, 2.45) is 0 Å². The molecular weight excluding hydrogens is 250 g/mol. The van der Waals surface area contributed by atoms with E-state index in [1.54, 1.807) is 0 Å². The Morgan fingerprint density at radius 2 is 1.80 bits per heavy atom. The highest BCUT2D eigenvalue weighted by atomic mass is 79.9. The molecule has 0 spiro atoms. The number of unbranched alkanes of at least 4 members (excludes halogenated alkanes) is 2. The number of hydrogen-bond acceptors (Lipinski definition) is 1. The average molecular weight is 276 g/mol. The van der Waals surface area contributed by atoms with E-state index in [4.69, 9.17) is 0 Å². The van der Waals surface area contributed by atoms with E-state index >= 15 is 0 Å². The largest absolute Gasteiger partial charge is 0.301 e. The lowest BCUT2D eigenvalue weighted by molar-refractivity contribution is 0.161. The minimum atomic E-state index is 0.910. The highest BCUT2D eigenvalue weighted by Crippen LogP contribution is 2.22. The third-order valence-electron chi connectivity index (χ3n) is 3.58. The molecule has 0 radical (unpaired) electrons. The van der Waals surface area contributed by atoms with Gasteiger partial charge in [0.15, 0.2) is 0 Å². The molecule has 2 heteroatoms. The molecule has 1 aliphatic rings. The Morgan fingerprint density at radius 1 is 1.07 bits per heavy atom. The van der Waals surface area contributed by atoms with Crippen molar-refractivity contribution in [1.29, 1.82) is 0 Å². The molecule has 15 heavy (non-hydrogen) atoms. The van der Waals surface area contributed by atoms with E-state index in [1.807, 2.05) is 0 Å². The van der Waals surface area contributed by atoms with E-state index in [0.717, 1.165) is 6.04 Å². The van der Waals surface area contributed by atoms with Crippen molar-refractivity contribution in [2.45, 2.75) is 64.3 Å². The number of rotatable bonds is 7. The quantitative estimate of drug-likeness (QED) is 0.497. The van der Waals surface area contributed by atoms with Gasteiger partial charge in [0.05, 0.1) is 0 Å². The molecule has 0 aromatic rings. The molecule has 1 fully saturated rings. The summed E-state index contributed by atoms with van der Waals surface area (Å²) in [6, 6.07) is 0.910. The molecule has 0 aromatic heterocycles. The molecule has 1 aliphatic carbocycles. The lowest BCUT2D eigenvalue weighted by Crippen LogP contribution is -2.37. The molecule has 1 nitrogen and oxygen atoms in total. The Balaban J connectivity index is 2.15. The van der Waals surface area contributed by atoms with Crippen LogP contribution < -0.4 is 0 Å². The molecule has 1 rings (SSSR count). The first-order chi connectivity index (χ1) is 7.38. The zero-order valence-corrected chi connectivity index (χ0v) is 11.8. The minimum Gasteiger partial charge on any atom is -0.301 e. The summed E-state index contributed by atoms with van der Waals surface area (Å²) in [5.41, 5.74) is 0. The van der Waals surface area contributed by atoms with Crippen LogP contribution >= 0.6 is 15.9 Å². The normalized spacial score (nSPS) is 18.6. The lowest BCUT2D eigenvalue weighted by atomic mass is 9.94. The monoisotopic (exact) mass is 275 g/mol. The van der Waals surface area contributed by atoms with E-state index in [0.29, 0.717) is 0 Å². The first kappa shape index (κ1) is 13.5. The molecular formula is C13H26BrN. The van der Waals surface area contributed by atoms with Crippen molar-refractivity contribution in [2.75, 3.05) is 18.4 Å². The van der Waals surface area contributed by atoms with Crippen LogP contribution in [0.3, 0.4) is 0 Å². The van der Waals surface area contributed by atoms with Crippen LogP contribution in [0.1, 0.15) is 58.3 Å². The van der Waals surface area contributed by atoms with Gasteiger partial charge in [-0.1, -0.05) is 48.5 Å². The minimum absolute atomic E-state index is 0.910. The average Bonchev–Trinajstić information content (AvgIpc) is 2.30. The SMILES string of the molecule is CCN(CCCCCBr)C1CCCCC1. The summed E-state index contributed by atoms with van der Waals surface area (Å²) in [5.74, 6) is 0. The maximum Gasteiger partial charge on any atom is 0.00951 e. The lowest BCUT2D eigenvalue weighted by Gasteiger charge is -2.33. The van der Waals surface area contributed by atoms with Crippen LogP contribution in [0.4, 0.5) is 0 Å². The van der Waals surface area contributed by atoms with E-state index in [2.05, 4.69) is 27.8 Å². The first-order valence-electron chi connectivity index (χ1n) is 6.68. The third kappa shape index (κ3) is 5.35. The van der Waals surface area contributed by atoms with Crippen molar-refractivity contribution in [3.63, 3.8) is 0 Å². The summed E-state index contributed by atoms with van der Waals surface area (Å²) >= 11 is 3.50. The van der Waals surface area contributed by atoms with Crippen molar-refractivity contribution in [3.8, 4) is 0 Å². The van der Waals surface area contributed by atoms with Crippen LogP contribution in [0, 0.1) is 0 Å². The van der Waals surface area contributed by atoms with E-state index in [9.17, 15) is 0 Å². The van der Waals surface area contributed by atoms with Gasteiger partial charge in [0.25, 0.3) is 0 Å². The molecule has 0 unspecified atom stereocenters. The van der Waals surface area contributed by atoms with Crippen LogP contribution in [0.25, 0.3) is 0 Å². The van der Waals surface area contributed by atoms with Crippen molar-refractivity contribution < 1.29 is 0 Å². The van der Waals surface area contributed by atoms with Crippen molar-refractivity contribution >= 4 is 15.9 Å². The Bertz CT molecular complexity index is 143. The molecule has 0 aromatic carbocycles. The number of hydrogen-bond donors (Lipinski definition) is 0. The van der Waals surface area contributed by atoms with Gasteiger partial charge in [-0.25, -0.2) is 0 Å². The zero-order valence-electron chi connectivity index (χ0n) is 10.2. The summed E-state index contributed by atoms with van der Waals surface area (Å²) in [6.45, 7) is 4.90. The fourth-order valence-electron chi connectivity index (χ4n) is 2.63. The summed E-state index contributed by atoms with van der Waals surface area (Å²) in [5, 5.41) is 1.17. The van der Waals surface area contributed by atoms with Gasteiger partial charge >= 0.3 is 0 Å². The first-order valence-corrected chi connectivity index (χ1v) is 7.80. The van der Waals surface area contributed by atoms with Gasteiger partial charge in [-0.05, 0) is 38.8 Å².